The molecule has 2 N–H and O–H groups in total. The Labute approximate surface area is 132 Å². The van der Waals surface area contributed by atoms with Crippen LogP contribution in [0.5, 0.6) is 0 Å². The first-order valence-electron chi connectivity index (χ1n) is 8.19. The summed E-state index contributed by atoms with van der Waals surface area (Å²) in [5.41, 5.74) is -1.28. The van der Waals surface area contributed by atoms with Crippen molar-refractivity contribution >= 4 is 0 Å². The van der Waals surface area contributed by atoms with Crippen molar-refractivity contribution in [3.8, 4) is 0 Å². The number of rotatable bonds is 4. The molecule has 0 amide bonds. The first-order valence-corrected chi connectivity index (χ1v) is 8.19. The number of aliphatic hydroxyl groups excluding tert-OH is 1. The SMILES string of the molecule is COC[C@H]1[C@H]2O[C@H](OC)[C@H](O)[C@]1(O)CCCCCC[C@H]2OC. The zero-order valence-electron chi connectivity index (χ0n) is 13.9. The molecule has 1 saturated carbocycles. The van der Waals surface area contributed by atoms with E-state index in [0.29, 0.717) is 13.0 Å². The minimum Gasteiger partial charge on any atom is -0.386 e. The Morgan fingerprint density at radius 2 is 1.82 bits per heavy atom. The molecule has 1 saturated heterocycles. The van der Waals surface area contributed by atoms with Gasteiger partial charge in [0.15, 0.2) is 6.29 Å². The molecule has 0 spiro atoms. The molecule has 0 aromatic heterocycles. The van der Waals surface area contributed by atoms with Gasteiger partial charge >= 0.3 is 0 Å². The van der Waals surface area contributed by atoms with E-state index in [0.717, 1.165) is 32.1 Å². The van der Waals surface area contributed by atoms with Crippen molar-refractivity contribution in [3.63, 3.8) is 0 Å². The molecule has 2 fully saturated rings. The van der Waals surface area contributed by atoms with Gasteiger partial charge in [-0.15, -0.1) is 0 Å². The van der Waals surface area contributed by atoms with Gasteiger partial charge in [-0.1, -0.05) is 25.7 Å². The number of hydrogen-bond acceptors (Lipinski definition) is 6. The molecule has 6 heteroatoms. The van der Waals surface area contributed by atoms with Gasteiger partial charge in [0.1, 0.15) is 11.7 Å². The average molecular weight is 318 g/mol. The molecule has 2 aliphatic rings. The van der Waals surface area contributed by atoms with Crippen LogP contribution in [0.15, 0.2) is 0 Å². The maximum atomic E-state index is 11.3. The maximum absolute atomic E-state index is 11.3. The molecule has 6 atom stereocenters. The highest BCUT2D eigenvalue weighted by Crippen LogP contribution is 2.42. The predicted molar refractivity (Wildman–Crippen MR) is 80.5 cm³/mol. The third-order valence-corrected chi connectivity index (χ3v) is 5.16. The van der Waals surface area contributed by atoms with Crippen molar-refractivity contribution in [3.05, 3.63) is 0 Å². The third-order valence-electron chi connectivity index (χ3n) is 5.16. The van der Waals surface area contributed by atoms with E-state index >= 15 is 0 Å². The highest BCUT2D eigenvalue weighted by molar-refractivity contribution is 5.03. The van der Waals surface area contributed by atoms with E-state index in [9.17, 15) is 10.2 Å². The van der Waals surface area contributed by atoms with E-state index in [-0.39, 0.29) is 18.1 Å². The largest absolute Gasteiger partial charge is 0.386 e. The van der Waals surface area contributed by atoms with Crippen LogP contribution in [0.25, 0.3) is 0 Å². The van der Waals surface area contributed by atoms with Gasteiger partial charge in [0.25, 0.3) is 0 Å². The second kappa shape index (κ2) is 8.04. The molecule has 6 nitrogen and oxygen atoms in total. The van der Waals surface area contributed by atoms with E-state index < -0.39 is 18.0 Å². The number of ether oxygens (including phenoxy) is 4. The molecule has 0 radical (unpaired) electrons. The molecule has 22 heavy (non-hydrogen) atoms. The Morgan fingerprint density at radius 3 is 2.45 bits per heavy atom. The van der Waals surface area contributed by atoms with E-state index in [4.69, 9.17) is 18.9 Å². The van der Waals surface area contributed by atoms with Crippen molar-refractivity contribution in [2.24, 2.45) is 5.92 Å². The summed E-state index contributed by atoms with van der Waals surface area (Å²) < 4.78 is 22.2. The van der Waals surface area contributed by atoms with Gasteiger partial charge in [0.05, 0.1) is 18.8 Å². The summed E-state index contributed by atoms with van der Waals surface area (Å²) in [7, 11) is 4.74. The molecule has 2 rings (SSSR count). The van der Waals surface area contributed by atoms with Crippen LogP contribution in [0.3, 0.4) is 0 Å². The smallest absolute Gasteiger partial charge is 0.186 e. The van der Waals surface area contributed by atoms with Crippen LogP contribution in [0.4, 0.5) is 0 Å². The summed E-state index contributed by atoms with van der Waals surface area (Å²) in [5.74, 6) is -0.345. The molecular weight excluding hydrogens is 288 g/mol. The van der Waals surface area contributed by atoms with Crippen molar-refractivity contribution in [1.82, 2.24) is 0 Å². The van der Waals surface area contributed by atoms with Gasteiger partial charge in [-0.2, -0.15) is 0 Å². The summed E-state index contributed by atoms with van der Waals surface area (Å²) in [6.07, 6.45) is 3.01. The summed E-state index contributed by atoms with van der Waals surface area (Å²) in [5, 5.41) is 21.8. The lowest BCUT2D eigenvalue weighted by molar-refractivity contribution is -0.331. The number of hydrogen-bond donors (Lipinski definition) is 2. The maximum Gasteiger partial charge on any atom is 0.186 e. The zero-order valence-corrected chi connectivity index (χ0v) is 13.9. The van der Waals surface area contributed by atoms with Gasteiger partial charge < -0.3 is 29.2 Å². The average Bonchev–Trinajstić information content (AvgIpc) is 2.52. The van der Waals surface area contributed by atoms with Gasteiger partial charge in [-0.3, -0.25) is 0 Å². The summed E-state index contributed by atoms with van der Waals surface area (Å²) in [4.78, 5) is 0. The first kappa shape index (κ1) is 18.1. The molecule has 2 bridgehead atoms. The monoisotopic (exact) mass is 318 g/mol. The summed E-state index contributed by atoms with van der Waals surface area (Å²) in [6, 6.07) is 0. The standard InChI is InChI=1S/C16H30O6/c1-19-10-11-13-12(20-2)8-6-4-5-7-9-16(11,18)14(17)15(21-3)22-13/h11-15,17-18H,4-10H2,1-3H3/t11-,12+,13+,14-,15-,16-/m0/s1. The minimum absolute atomic E-state index is 0.144. The Hall–Kier alpha value is -0.240. The van der Waals surface area contributed by atoms with Crippen LogP contribution in [0.1, 0.15) is 38.5 Å². The minimum atomic E-state index is -1.28. The lowest BCUT2D eigenvalue weighted by Gasteiger charge is -2.52. The molecule has 1 aliphatic heterocycles. The van der Waals surface area contributed by atoms with Gasteiger partial charge in [-0.05, 0) is 12.8 Å². The van der Waals surface area contributed by atoms with Crippen molar-refractivity contribution in [2.75, 3.05) is 27.9 Å². The molecule has 0 unspecified atom stereocenters. The fourth-order valence-corrected chi connectivity index (χ4v) is 3.87. The lowest BCUT2D eigenvalue weighted by Crippen LogP contribution is -2.67. The highest BCUT2D eigenvalue weighted by atomic mass is 16.7. The number of methoxy groups -OCH3 is 3. The molecule has 1 aliphatic carbocycles. The fraction of sp³-hybridized carbons (Fsp3) is 1.00. The highest BCUT2D eigenvalue weighted by Gasteiger charge is 2.56. The summed E-state index contributed by atoms with van der Waals surface area (Å²) >= 11 is 0. The summed E-state index contributed by atoms with van der Waals surface area (Å²) in [6.45, 7) is 0.314. The van der Waals surface area contributed by atoms with E-state index in [1.54, 1.807) is 14.2 Å². The topological polar surface area (TPSA) is 77.4 Å². The first-order chi connectivity index (χ1) is 10.6. The Bertz CT molecular complexity index is 339. The van der Waals surface area contributed by atoms with E-state index in [1.165, 1.54) is 7.11 Å². The van der Waals surface area contributed by atoms with Crippen LogP contribution in [0, 0.1) is 5.92 Å². The molecule has 1 heterocycles. The number of aliphatic hydroxyl groups is 2. The van der Waals surface area contributed by atoms with Crippen molar-refractivity contribution in [1.29, 1.82) is 0 Å². The molecule has 0 aromatic rings. The Morgan fingerprint density at radius 1 is 1.09 bits per heavy atom. The van der Waals surface area contributed by atoms with E-state index in [2.05, 4.69) is 0 Å². The second-order valence-electron chi connectivity index (χ2n) is 6.43. The van der Waals surface area contributed by atoms with Crippen LogP contribution in [0.2, 0.25) is 0 Å². The lowest BCUT2D eigenvalue weighted by atomic mass is 9.71. The quantitative estimate of drug-likeness (QED) is 0.808. The Balaban J connectivity index is 2.36. The van der Waals surface area contributed by atoms with Crippen LogP contribution in [-0.4, -0.2) is 68.4 Å². The van der Waals surface area contributed by atoms with Crippen molar-refractivity contribution in [2.45, 2.75) is 68.7 Å². The Kier molecular flexibility index (Phi) is 6.61. The van der Waals surface area contributed by atoms with Gasteiger partial charge in [0.2, 0.25) is 0 Å². The fourth-order valence-electron chi connectivity index (χ4n) is 3.87. The number of fused-ring (bicyclic) bond motifs is 2. The molecule has 0 aromatic carbocycles. The van der Waals surface area contributed by atoms with E-state index in [1.807, 2.05) is 0 Å². The third kappa shape index (κ3) is 3.47. The molecule has 130 valence electrons. The second-order valence-corrected chi connectivity index (χ2v) is 6.43. The molecular formula is C16H30O6. The van der Waals surface area contributed by atoms with Gasteiger partial charge in [-0.25, -0.2) is 0 Å². The van der Waals surface area contributed by atoms with Crippen LogP contribution >= 0.6 is 0 Å². The van der Waals surface area contributed by atoms with Crippen LogP contribution < -0.4 is 0 Å². The zero-order chi connectivity index (χ0) is 16.2. The normalized spacial score (nSPS) is 43.8. The van der Waals surface area contributed by atoms with Gasteiger partial charge in [0, 0.05) is 27.2 Å². The van der Waals surface area contributed by atoms with Crippen molar-refractivity contribution < 1.29 is 29.2 Å². The van der Waals surface area contributed by atoms with Crippen LogP contribution in [-0.2, 0) is 18.9 Å². The predicted octanol–water partition coefficient (Wildman–Crippen LogP) is 1.08.